The highest BCUT2D eigenvalue weighted by Crippen LogP contribution is 2.34. The van der Waals surface area contributed by atoms with Gasteiger partial charge in [-0.1, -0.05) is 30.3 Å². The van der Waals surface area contributed by atoms with Crippen LogP contribution < -0.4 is 0 Å². The molecule has 4 nitrogen and oxygen atoms in total. The monoisotopic (exact) mass is 456 g/mol. The van der Waals surface area contributed by atoms with E-state index in [2.05, 4.69) is 31.2 Å². The molecule has 6 heteroatoms. The minimum Gasteiger partial charge on any atom is -0.392 e. The molecule has 2 unspecified atom stereocenters. The molecule has 2 atom stereocenters. The third-order valence-electron chi connectivity index (χ3n) is 5.57. The van der Waals surface area contributed by atoms with E-state index in [1.165, 1.54) is 28.1 Å². The highest BCUT2D eigenvalue weighted by atomic mass is 32.1. The SMILES string of the molecule is CC1(C)OC2CCOC2O1.Cc1ccc(CO)cc1Cc1ccc(-c2ccc(F)cc2)s1. The van der Waals surface area contributed by atoms with Crippen molar-refractivity contribution < 1.29 is 23.7 Å². The summed E-state index contributed by atoms with van der Waals surface area (Å²) in [5.41, 5.74) is 4.45. The summed E-state index contributed by atoms with van der Waals surface area (Å²) in [5, 5.41) is 9.27. The fourth-order valence-corrected chi connectivity index (χ4v) is 4.92. The lowest BCUT2D eigenvalue weighted by Gasteiger charge is -2.17. The van der Waals surface area contributed by atoms with E-state index in [9.17, 15) is 9.50 Å². The van der Waals surface area contributed by atoms with Gasteiger partial charge in [0.15, 0.2) is 12.1 Å². The molecule has 2 saturated heterocycles. The van der Waals surface area contributed by atoms with Gasteiger partial charge in [0.1, 0.15) is 11.9 Å². The van der Waals surface area contributed by atoms with E-state index in [4.69, 9.17) is 14.2 Å². The maximum atomic E-state index is 13.0. The minimum absolute atomic E-state index is 0.0680. The number of benzene rings is 2. The molecule has 0 radical (unpaired) electrons. The van der Waals surface area contributed by atoms with Crippen LogP contribution in [0.3, 0.4) is 0 Å². The number of aliphatic hydroxyl groups is 1. The van der Waals surface area contributed by atoms with Crippen LogP contribution in [0, 0.1) is 12.7 Å². The topological polar surface area (TPSA) is 47.9 Å². The van der Waals surface area contributed by atoms with Crippen LogP contribution in [0.2, 0.25) is 0 Å². The molecule has 1 aromatic heterocycles. The summed E-state index contributed by atoms with van der Waals surface area (Å²) in [7, 11) is 0. The van der Waals surface area contributed by atoms with Gasteiger partial charge < -0.3 is 19.3 Å². The van der Waals surface area contributed by atoms with Crippen molar-refractivity contribution in [2.75, 3.05) is 6.61 Å². The lowest BCUT2D eigenvalue weighted by Crippen LogP contribution is -2.22. The largest absolute Gasteiger partial charge is 0.392 e. The molecule has 0 aliphatic carbocycles. The predicted molar refractivity (Wildman–Crippen MR) is 124 cm³/mol. The van der Waals surface area contributed by atoms with E-state index < -0.39 is 5.79 Å². The molecule has 32 heavy (non-hydrogen) atoms. The Hall–Kier alpha value is -2.09. The van der Waals surface area contributed by atoms with Gasteiger partial charge in [-0.3, -0.25) is 0 Å². The van der Waals surface area contributed by atoms with Crippen molar-refractivity contribution in [3.8, 4) is 10.4 Å². The number of aliphatic hydroxyl groups excluding tert-OH is 1. The van der Waals surface area contributed by atoms with E-state index in [-0.39, 0.29) is 24.8 Å². The standard InChI is InChI=1S/C19H17FOS.C7H12O3/c1-13-2-3-14(12-21)10-16(13)11-18-8-9-19(22-18)15-4-6-17(20)7-5-15;1-7(2)9-5-3-4-8-6(5)10-7/h2-10,21H,11-12H2,1H3;5-6H,3-4H2,1-2H3. The zero-order chi connectivity index (χ0) is 22.7. The normalized spacial score (nSPS) is 21.2. The van der Waals surface area contributed by atoms with Crippen LogP contribution in [-0.4, -0.2) is 29.9 Å². The van der Waals surface area contributed by atoms with Crippen LogP contribution in [0.1, 0.15) is 41.8 Å². The molecule has 170 valence electrons. The van der Waals surface area contributed by atoms with Gasteiger partial charge in [0.2, 0.25) is 0 Å². The van der Waals surface area contributed by atoms with Gasteiger partial charge in [0, 0.05) is 22.6 Å². The summed E-state index contributed by atoms with van der Waals surface area (Å²) < 4.78 is 29.2. The van der Waals surface area contributed by atoms with E-state index in [0.717, 1.165) is 35.5 Å². The second kappa shape index (κ2) is 9.81. The fraction of sp³-hybridized carbons (Fsp3) is 0.385. The van der Waals surface area contributed by atoms with Crippen molar-refractivity contribution in [3.63, 3.8) is 0 Å². The third-order valence-corrected chi connectivity index (χ3v) is 6.71. The van der Waals surface area contributed by atoms with Crippen molar-refractivity contribution in [1.29, 1.82) is 0 Å². The summed E-state index contributed by atoms with van der Waals surface area (Å²) in [6.07, 6.45) is 1.89. The van der Waals surface area contributed by atoms with Crippen LogP contribution in [0.4, 0.5) is 4.39 Å². The number of thiophene rings is 1. The van der Waals surface area contributed by atoms with Gasteiger partial charge in [-0.15, -0.1) is 11.3 Å². The summed E-state index contributed by atoms with van der Waals surface area (Å²) >= 11 is 1.72. The zero-order valence-electron chi connectivity index (χ0n) is 18.6. The lowest BCUT2D eigenvalue weighted by molar-refractivity contribution is -0.192. The highest BCUT2D eigenvalue weighted by Gasteiger charge is 2.44. The van der Waals surface area contributed by atoms with E-state index in [0.29, 0.717) is 0 Å². The molecule has 5 rings (SSSR count). The molecule has 2 aromatic carbocycles. The number of rotatable bonds is 4. The number of aryl methyl sites for hydroxylation is 1. The summed E-state index contributed by atoms with van der Waals surface area (Å²) in [6.45, 7) is 6.75. The number of hydrogen-bond donors (Lipinski definition) is 1. The minimum atomic E-state index is -0.435. The van der Waals surface area contributed by atoms with Gasteiger partial charge in [-0.2, -0.15) is 0 Å². The van der Waals surface area contributed by atoms with Crippen molar-refractivity contribution in [3.05, 3.63) is 82.0 Å². The van der Waals surface area contributed by atoms with Crippen molar-refractivity contribution in [2.24, 2.45) is 0 Å². The molecule has 3 heterocycles. The second-order valence-corrected chi connectivity index (χ2v) is 9.74. The Bertz CT molecular complexity index is 1030. The molecule has 2 aliphatic rings. The van der Waals surface area contributed by atoms with Gasteiger partial charge >= 0.3 is 0 Å². The third kappa shape index (κ3) is 5.63. The zero-order valence-corrected chi connectivity index (χ0v) is 19.5. The maximum absolute atomic E-state index is 13.0. The summed E-state index contributed by atoms with van der Waals surface area (Å²) in [4.78, 5) is 2.41. The Kier molecular flexibility index (Phi) is 7.08. The smallest absolute Gasteiger partial charge is 0.187 e. The Balaban J connectivity index is 0.000000203. The molecule has 2 aliphatic heterocycles. The van der Waals surface area contributed by atoms with Gasteiger partial charge in [-0.05, 0) is 67.3 Å². The first-order valence-corrected chi connectivity index (χ1v) is 11.7. The molecular weight excluding hydrogens is 427 g/mol. The Morgan fingerprint density at radius 3 is 2.56 bits per heavy atom. The lowest BCUT2D eigenvalue weighted by atomic mass is 10.0. The summed E-state index contributed by atoms with van der Waals surface area (Å²) in [5.74, 6) is -0.646. The van der Waals surface area contributed by atoms with Crippen LogP contribution >= 0.6 is 11.3 Å². The number of halogens is 1. The van der Waals surface area contributed by atoms with Gasteiger partial charge in [0.25, 0.3) is 0 Å². The van der Waals surface area contributed by atoms with Crippen LogP contribution in [0.15, 0.2) is 54.6 Å². The Labute approximate surface area is 192 Å². The van der Waals surface area contributed by atoms with Gasteiger partial charge in [-0.25, -0.2) is 4.39 Å². The first-order valence-electron chi connectivity index (χ1n) is 10.8. The first kappa shape index (κ1) is 23.1. The van der Waals surface area contributed by atoms with Crippen molar-refractivity contribution in [2.45, 2.75) is 58.4 Å². The second-order valence-electron chi connectivity index (χ2n) is 8.57. The van der Waals surface area contributed by atoms with Crippen molar-refractivity contribution in [1.82, 2.24) is 0 Å². The Morgan fingerprint density at radius 2 is 1.84 bits per heavy atom. The molecule has 2 fully saturated rings. The number of fused-ring (bicyclic) bond motifs is 1. The molecule has 3 aromatic rings. The van der Waals surface area contributed by atoms with Crippen LogP contribution in [0.25, 0.3) is 10.4 Å². The fourth-order valence-electron chi connectivity index (χ4n) is 3.88. The Morgan fingerprint density at radius 1 is 1.06 bits per heavy atom. The first-order chi connectivity index (χ1) is 15.3. The van der Waals surface area contributed by atoms with Crippen LogP contribution in [-0.2, 0) is 27.2 Å². The van der Waals surface area contributed by atoms with Gasteiger partial charge in [0.05, 0.1) is 13.2 Å². The molecule has 1 N–H and O–H groups in total. The van der Waals surface area contributed by atoms with Crippen LogP contribution in [0.5, 0.6) is 0 Å². The average molecular weight is 457 g/mol. The molecular formula is C26H29FO4S. The van der Waals surface area contributed by atoms with E-state index in [1.54, 1.807) is 11.3 Å². The molecule has 0 saturated carbocycles. The average Bonchev–Trinajstić information content (AvgIpc) is 3.46. The molecule has 0 spiro atoms. The van der Waals surface area contributed by atoms with E-state index >= 15 is 0 Å². The maximum Gasteiger partial charge on any atom is 0.187 e. The number of hydrogen-bond acceptors (Lipinski definition) is 5. The van der Waals surface area contributed by atoms with Crippen molar-refractivity contribution >= 4 is 11.3 Å². The quantitative estimate of drug-likeness (QED) is 0.537. The number of ether oxygens (including phenoxy) is 3. The highest BCUT2D eigenvalue weighted by molar-refractivity contribution is 7.15. The predicted octanol–water partition coefficient (Wildman–Crippen LogP) is 5.83. The summed E-state index contributed by atoms with van der Waals surface area (Å²) in [6, 6.07) is 16.9. The van der Waals surface area contributed by atoms with E-state index in [1.807, 2.05) is 32.0 Å². The molecule has 0 amide bonds. The molecule has 0 bridgehead atoms.